The summed E-state index contributed by atoms with van der Waals surface area (Å²) in [6.45, 7) is 0. The zero-order valence-corrected chi connectivity index (χ0v) is 9.99. The minimum absolute atomic E-state index is 0.560. The van der Waals surface area contributed by atoms with Crippen LogP contribution in [-0.2, 0) is 0 Å². The van der Waals surface area contributed by atoms with E-state index >= 15 is 0 Å². The summed E-state index contributed by atoms with van der Waals surface area (Å²) < 4.78 is 0.835. The molecule has 2 nitrogen and oxygen atoms in total. The third-order valence-electron chi connectivity index (χ3n) is 1.81. The monoisotopic (exact) mass is 290 g/mol. The van der Waals surface area contributed by atoms with Gasteiger partial charge >= 0.3 is 0 Å². The van der Waals surface area contributed by atoms with Crippen molar-refractivity contribution in [3.8, 4) is 11.3 Å². The topological polar surface area (TPSA) is 28.7 Å². The first-order valence-electron chi connectivity index (χ1n) is 3.83. The zero-order chi connectivity index (χ0) is 10.1. The molecule has 72 valence electrons. The predicted molar refractivity (Wildman–Crippen MR) is 61.7 cm³/mol. The molecule has 0 aliphatic rings. The second-order valence-corrected chi connectivity index (χ2v) is 4.33. The first-order valence-corrected chi connectivity index (χ1v) is 5.38. The summed E-state index contributed by atoms with van der Waals surface area (Å²) in [7, 11) is 0. The average molecular weight is 292 g/mol. The van der Waals surface area contributed by atoms with Gasteiger partial charge in [-0.25, -0.2) is 0 Å². The van der Waals surface area contributed by atoms with Crippen molar-refractivity contribution in [1.82, 2.24) is 10.2 Å². The number of nitrogens with one attached hydrogen (secondary N) is 1. The van der Waals surface area contributed by atoms with E-state index in [9.17, 15) is 0 Å². The van der Waals surface area contributed by atoms with Crippen LogP contribution >= 0.6 is 39.1 Å². The molecule has 2 rings (SSSR count). The average Bonchev–Trinajstić information content (AvgIpc) is 2.57. The molecule has 0 fully saturated rings. The molecule has 0 amide bonds. The van der Waals surface area contributed by atoms with E-state index in [-0.39, 0.29) is 0 Å². The minimum atomic E-state index is 0.560. The number of hydrogen-bond donors (Lipinski definition) is 1. The SMILES string of the molecule is Clc1cn[nH]c1-c1cccc(Br)c1Cl. The first kappa shape index (κ1) is 10.0. The Morgan fingerprint density at radius 3 is 2.71 bits per heavy atom. The fourth-order valence-electron chi connectivity index (χ4n) is 1.16. The molecule has 0 atom stereocenters. The molecule has 0 aliphatic heterocycles. The van der Waals surface area contributed by atoms with Gasteiger partial charge in [0.15, 0.2) is 0 Å². The Morgan fingerprint density at radius 2 is 2.07 bits per heavy atom. The van der Waals surface area contributed by atoms with E-state index in [1.54, 1.807) is 6.20 Å². The largest absolute Gasteiger partial charge is 0.276 e. The summed E-state index contributed by atoms with van der Waals surface area (Å²) >= 11 is 15.4. The predicted octanol–water partition coefficient (Wildman–Crippen LogP) is 4.15. The molecule has 0 saturated heterocycles. The van der Waals surface area contributed by atoms with Crippen LogP contribution in [-0.4, -0.2) is 10.2 Å². The number of aromatic amines is 1. The molecule has 1 N–H and O–H groups in total. The lowest BCUT2D eigenvalue weighted by Crippen LogP contribution is -1.81. The fraction of sp³-hybridized carbons (Fsp3) is 0. The Hall–Kier alpha value is -0.510. The molecular formula is C9H5BrCl2N2. The third kappa shape index (κ3) is 1.67. The molecule has 0 radical (unpaired) electrons. The summed E-state index contributed by atoms with van der Waals surface area (Å²) in [5.74, 6) is 0. The molecule has 0 aliphatic carbocycles. The molecule has 14 heavy (non-hydrogen) atoms. The first-order chi connectivity index (χ1) is 6.70. The van der Waals surface area contributed by atoms with Crippen molar-refractivity contribution in [2.45, 2.75) is 0 Å². The van der Waals surface area contributed by atoms with Crippen molar-refractivity contribution in [2.24, 2.45) is 0 Å². The van der Waals surface area contributed by atoms with Crippen LogP contribution in [0.3, 0.4) is 0 Å². The van der Waals surface area contributed by atoms with Gasteiger partial charge in [0.2, 0.25) is 0 Å². The number of H-pyrrole nitrogens is 1. The minimum Gasteiger partial charge on any atom is -0.276 e. The van der Waals surface area contributed by atoms with E-state index in [0.717, 1.165) is 15.7 Å². The van der Waals surface area contributed by atoms with Crippen LogP contribution in [0.4, 0.5) is 0 Å². The van der Waals surface area contributed by atoms with Crippen LogP contribution in [0.25, 0.3) is 11.3 Å². The number of benzene rings is 1. The van der Waals surface area contributed by atoms with Crippen molar-refractivity contribution < 1.29 is 0 Å². The molecular weight excluding hydrogens is 287 g/mol. The Labute approximate surface area is 99.4 Å². The van der Waals surface area contributed by atoms with Crippen molar-refractivity contribution in [1.29, 1.82) is 0 Å². The maximum atomic E-state index is 6.10. The van der Waals surface area contributed by atoms with E-state index in [0.29, 0.717) is 10.0 Å². The molecule has 0 spiro atoms. The lowest BCUT2D eigenvalue weighted by molar-refractivity contribution is 1.10. The van der Waals surface area contributed by atoms with Gasteiger partial charge < -0.3 is 0 Å². The highest BCUT2D eigenvalue weighted by atomic mass is 79.9. The smallest absolute Gasteiger partial charge is 0.0863 e. The lowest BCUT2D eigenvalue weighted by atomic mass is 10.1. The molecule has 0 bridgehead atoms. The number of halogens is 3. The lowest BCUT2D eigenvalue weighted by Gasteiger charge is -2.03. The van der Waals surface area contributed by atoms with Crippen molar-refractivity contribution in [3.63, 3.8) is 0 Å². The highest BCUT2D eigenvalue weighted by Gasteiger charge is 2.10. The Morgan fingerprint density at radius 1 is 1.29 bits per heavy atom. The summed E-state index contributed by atoms with van der Waals surface area (Å²) in [5, 5.41) is 7.82. The van der Waals surface area contributed by atoms with Crippen LogP contribution in [0.5, 0.6) is 0 Å². The second kappa shape index (κ2) is 3.93. The van der Waals surface area contributed by atoms with E-state index in [2.05, 4.69) is 26.1 Å². The molecule has 1 aromatic carbocycles. The van der Waals surface area contributed by atoms with Crippen LogP contribution in [0.15, 0.2) is 28.9 Å². The highest BCUT2D eigenvalue weighted by Crippen LogP contribution is 2.35. The second-order valence-electron chi connectivity index (χ2n) is 2.69. The van der Waals surface area contributed by atoms with E-state index in [4.69, 9.17) is 23.2 Å². The molecule has 0 unspecified atom stereocenters. The fourth-order valence-corrected chi connectivity index (χ4v) is 1.94. The number of hydrogen-bond acceptors (Lipinski definition) is 1. The highest BCUT2D eigenvalue weighted by molar-refractivity contribution is 9.10. The molecule has 0 saturated carbocycles. The summed E-state index contributed by atoms with van der Waals surface area (Å²) in [4.78, 5) is 0. The van der Waals surface area contributed by atoms with Gasteiger partial charge in [0.1, 0.15) is 0 Å². The third-order valence-corrected chi connectivity index (χ3v) is 3.40. The number of rotatable bonds is 1. The van der Waals surface area contributed by atoms with E-state index in [1.165, 1.54) is 0 Å². The van der Waals surface area contributed by atoms with Crippen LogP contribution in [0, 0.1) is 0 Å². The van der Waals surface area contributed by atoms with Crippen molar-refractivity contribution in [3.05, 3.63) is 38.9 Å². The Bertz CT molecular complexity index is 468. The van der Waals surface area contributed by atoms with Crippen LogP contribution in [0.2, 0.25) is 10.0 Å². The van der Waals surface area contributed by atoms with Crippen LogP contribution in [0.1, 0.15) is 0 Å². The van der Waals surface area contributed by atoms with Crippen LogP contribution < -0.4 is 0 Å². The van der Waals surface area contributed by atoms with Gasteiger partial charge in [-0.2, -0.15) is 5.10 Å². The summed E-state index contributed by atoms with van der Waals surface area (Å²) in [6.07, 6.45) is 1.55. The van der Waals surface area contributed by atoms with Gasteiger partial charge in [0.05, 0.1) is 21.9 Å². The van der Waals surface area contributed by atoms with E-state index in [1.807, 2.05) is 18.2 Å². The number of aromatic nitrogens is 2. The standard InChI is InChI=1S/C9H5BrCl2N2/c10-6-3-1-2-5(8(6)12)9-7(11)4-13-14-9/h1-4H,(H,13,14). The molecule has 1 heterocycles. The molecule has 5 heteroatoms. The maximum Gasteiger partial charge on any atom is 0.0863 e. The van der Waals surface area contributed by atoms with Gasteiger partial charge in [-0.15, -0.1) is 0 Å². The normalized spacial score (nSPS) is 10.5. The quantitative estimate of drug-likeness (QED) is 0.840. The van der Waals surface area contributed by atoms with Gasteiger partial charge in [0, 0.05) is 10.0 Å². The van der Waals surface area contributed by atoms with Gasteiger partial charge in [-0.3, -0.25) is 5.10 Å². The maximum absolute atomic E-state index is 6.10. The Balaban J connectivity index is 2.63. The number of nitrogens with zero attached hydrogens (tertiary/aromatic N) is 1. The summed E-state index contributed by atoms with van der Waals surface area (Å²) in [5.41, 5.74) is 1.57. The Kier molecular flexibility index (Phi) is 2.81. The van der Waals surface area contributed by atoms with Crippen molar-refractivity contribution >= 4 is 39.1 Å². The molecule has 2 aromatic rings. The van der Waals surface area contributed by atoms with Gasteiger partial charge in [-0.1, -0.05) is 35.3 Å². The summed E-state index contributed by atoms with van der Waals surface area (Å²) in [6, 6.07) is 5.64. The van der Waals surface area contributed by atoms with E-state index < -0.39 is 0 Å². The van der Waals surface area contributed by atoms with Gasteiger partial charge in [0.25, 0.3) is 0 Å². The molecule has 1 aromatic heterocycles. The van der Waals surface area contributed by atoms with Gasteiger partial charge in [-0.05, 0) is 22.0 Å². The van der Waals surface area contributed by atoms with Crippen molar-refractivity contribution in [2.75, 3.05) is 0 Å². The zero-order valence-electron chi connectivity index (χ0n) is 6.89.